The molecule has 0 bridgehead atoms. The first-order chi connectivity index (χ1) is 30.6. The van der Waals surface area contributed by atoms with Gasteiger partial charge in [-0.2, -0.15) is 0 Å². The molecule has 0 aliphatic heterocycles. The molecule has 9 heteroatoms. The van der Waals surface area contributed by atoms with E-state index in [1.165, 1.54) is 116 Å². The van der Waals surface area contributed by atoms with Gasteiger partial charge in [-0.15, -0.1) is 0 Å². The van der Waals surface area contributed by atoms with E-state index in [4.69, 9.17) is 18.5 Å². The number of allylic oxidation sites excluding steroid dienone is 12. The fourth-order valence-corrected chi connectivity index (χ4v) is 7.53. The Bertz CT molecular complexity index is 1230. The van der Waals surface area contributed by atoms with Crippen molar-refractivity contribution in [2.24, 2.45) is 0 Å². The van der Waals surface area contributed by atoms with Gasteiger partial charge in [-0.3, -0.25) is 9.36 Å². The molecule has 0 saturated carbocycles. The van der Waals surface area contributed by atoms with Crippen molar-refractivity contribution in [1.82, 2.24) is 0 Å². The molecule has 0 N–H and O–H groups in total. The van der Waals surface area contributed by atoms with E-state index in [1.807, 2.05) is 21.1 Å². The number of hydrogen-bond acceptors (Lipinski definition) is 7. The average Bonchev–Trinajstić information content (AvgIpc) is 3.24. The first-order valence-corrected chi connectivity index (χ1v) is 27.1. The minimum atomic E-state index is -4.54. The fourth-order valence-electron chi connectivity index (χ4n) is 6.80. The lowest BCUT2D eigenvalue weighted by molar-refractivity contribution is -0.870. The van der Waals surface area contributed by atoms with Crippen molar-refractivity contribution in [2.45, 2.75) is 213 Å². The van der Waals surface area contributed by atoms with E-state index < -0.39 is 13.9 Å². The topological polar surface area (TPSA) is 94.1 Å². The van der Waals surface area contributed by atoms with Crippen molar-refractivity contribution in [2.75, 3.05) is 54.1 Å². The summed E-state index contributed by atoms with van der Waals surface area (Å²) in [7, 11) is 1.34. The van der Waals surface area contributed by atoms with Gasteiger partial charge in [0.1, 0.15) is 19.3 Å². The van der Waals surface area contributed by atoms with Crippen molar-refractivity contribution in [1.29, 1.82) is 0 Å². The number of carbonyl (C=O) groups is 1. The number of quaternary nitrogens is 1. The van der Waals surface area contributed by atoms with Crippen molar-refractivity contribution >= 4 is 13.8 Å². The lowest BCUT2D eigenvalue weighted by Gasteiger charge is -2.28. The molecule has 2 atom stereocenters. The second kappa shape index (κ2) is 46.5. The fraction of sp³-hybridized carbons (Fsp3) is 0.759. The van der Waals surface area contributed by atoms with Crippen molar-refractivity contribution in [3.8, 4) is 0 Å². The highest BCUT2D eigenvalue weighted by atomic mass is 31.2. The third-order valence-corrected chi connectivity index (χ3v) is 11.7. The number of phosphoric acid groups is 1. The summed E-state index contributed by atoms with van der Waals surface area (Å²) < 4.78 is 34.7. The number of unbranched alkanes of at least 4 members (excludes halogenated alkanes) is 21. The third-order valence-electron chi connectivity index (χ3n) is 10.7. The van der Waals surface area contributed by atoms with E-state index in [-0.39, 0.29) is 25.8 Å². The molecule has 0 spiro atoms. The quantitative estimate of drug-likeness (QED) is 0.0197. The molecule has 0 aliphatic rings. The van der Waals surface area contributed by atoms with Crippen molar-refractivity contribution in [3.05, 3.63) is 72.9 Å². The molecule has 0 aromatic carbocycles. The molecular formula is C54H98NO7P. The largest absolute Gasteiger partial charge is 0.756 e. The van der Waals surface area contributed by atoms with Gasteiger partial charge in [0.2, 0.25) is 0 Å². The van der Waals surface area contributed by atoms with E-state index in [0.29, 0.717) is 24.1 Å². The number of ether oxygens (including phenoxy) is 2. The van der Waals surface area contributed by atoms with E-state index >= 15 is 0 Å². The van der Waals surface area contributed by atoms with Gasteiger partial charge in [0.15, 0.2) is 0 Å². The van der Waals surface area contributed by atoms with Crippen LogP contribution in [0.15, 0.2) is 72.9 Å². The highest BCUT2D eigenvalue weighted by Crippen LogP contribution is 2.38. The van der Waals surface area contributed by atoms with Crippen LogP contribution in [0.1, 0.15) is 206 Å². The Hall–Kier alpha value is -2.06. The zero-order chi connectivity index (χ0) is 46.2. The van der Waals surface area contributed by atoms with Crippen LogP contribution in [-0.2, 0) is 27.9 Å². The first kappa shape index (κ1) is 60.9. The molecule has 2 unspecified atom stereocenters. The summed E-state index contributed by atoms with van der Waals surface area (Å²) in [5, 5.41) is 0. The summed E-state index contributed by atoms with van der Waals surface area (Å²) >= 11 is 0. The maximum Gasteiger partial charge on any atom is 0.306 e. The molecule has 8 nitrogen and oxygen atoms in total. The van der Waals surface area contributed by atoms with Crippen LogP contribution in [-0.4, -0.2) is 70.7 Å². The van der Waals surface area contributed by atoms with Crippen LogP contribution in [0.4, 0.5) is 0 Å². The molecule has 0 heterocycles. The molecule has 0 saturated heterocycles. The lowest BCUT2D eigenvalue weighted by atomic mass is 10.1. The van der Waals surface area contributed by atoms with E-state index in [9.17, 15) is 14.3 Å². The van der Waals surface area contributed by atoms with Gasteiger partial charge in [0, 0.05) is 13.0 Å². The Morgan fingerprint density at radius 3 is 1.38 bits per heavy atom. The Balaban J connectivity index is 4.16. The molecule has 0 radical (unpaired) electrons. The average molecular weight is 904 g/mol. The zero-order valence-corrected chi connectivity index (χ0v) is 42.4. The maximum absolute atomic E-state index is 12.7. The predicted octanol–water partition coefficient (Wildman–Crippen LogP) is 15.2. The summed E-state index contributed by atoms with van der Waals surface area (Å²) in [6, 6.07) is 0. The Morgan fingerprint density at radius 1 is 0.508 bits per heavy atom. The lowest BCUT2D eigenvalue weighted by Crippen LogP contribution is -2.37. The summed E-state index contributed by atoms with van der Waals surface area (Å²) in [5.74, 6) is -0.348. The molecule has 63 heavy (non-hydrogen) atoms. The van der Waals surface area contributed by atoms with Crippen molar-refractivity contribution < 1.29 is 37.3 Å². The van der Waals surface area contributed by atoms with E-state index in [1.54, 1.807) is 0 Å². The SMILES string of the molecule is CC/C=C\C/C=C\C/C=C\CCCCCCCCCC(=O)OC(COCCCCCCCCCCC/C=C\C/C=C\C/C=C\CCCCCCC)COP(=O)([O-])OCC[N+](C)(C)C. The van der Waals surface area contributed by atoms with Crippen LogP contribution < -0.4 is 4.89 Å². The number of esters is 1. The molecule has 0 aromatic rings. The number of nitrogens with zero attached hydrogens (tertiary/aromatic N) is 1. The number of rotatable bonds is 47. The smallest absolute Gasteiger partial charge is 0.306 e. The van der Waals surface area contributed by atoms with Gasteiger partial charge >= 0.3 is 5.97 Å². The first-order valence-electron chi connectivity index (χ1n) is 25.7. The second-order valence-electron chi connectivity index (χ2n) is 18.1. The normalized spacial score (nSPS) is 14.2. The summed E-state index contributed by atoms with van der Waals surface area (Å²) in [4.78, 5) is 25.2. The minimum absolute atomic E-state index is 0.0195. The van der Waals surface area contributed by atoms with Gasteiger partial charge in [0.05, 0.1) is 34.4 Å². The molecule has 366 valence electrons. The summed E-state index contributed by atoms with van der Waals surface area (Å²) in [5.41, 5.74) is 0. The Labute approximate surface area is 389 Å². The number of phosphoric ester groups is 1. The second-order valence-corrected chi connectivity index (χ2v) is 19.6. The molecule has 0 aliphatic carbocycles. The zero-order valence-electron chi connectivity index (χ0n) is 41.5. The van der Waals surface area contributed by atoms with Crippen LogP contribution in [0.3, 0.4) is 0 Å². The number of likely N-dealkylation sites (N-methyl/N-ethyl adjacent to an activating group) is 1. The predicted molar refractivity (Wildman–Crippen MR) is 268 cm³/mol. The number of carbonyl (C=O) groups excluding carboxylic acids is 1. The number of hydrogen-bond donors (Lipinski definition) is 0. The van der Waals surface area contributed by atoms with Gasteiger partial charge in [-0.1, -0.05) is 189 Å². The highest BCUT2D eigenvalue weighted by Gasteiger charge is 2.20. The monoisotopic (exact) mass is 904 g/mol. The van der Waals surface area contributed by atoms with Crippen LogP contribution in [0.25, 0.3) is 0 Å². The minimum Gasteiger partial charge on any atom is -0.756 e. The van der Waals surface area contributed by atoms with E-state index in [0.717, 1.165) is 70.6 Å². The van der Waals surface area contributed by atoms with Crippen LogP contribution in [0.5, 0.6) is 0 Å². The summed E-state index contributed by atoms with van der Waals surface area (Å²) in [6.45, 7) is 5.27. The van der Waals surface area contributed by atoms with Crippen LogP contribution in [0, 0.1) is 0 Å². The van der Waals surface area contributed by atoms with Crippen LogP contribution >= 0.6 is 7.82 Å². The van der Waals surface area contributed by atoms with Gasteiger partial charge in [-0.25, -0.2) is 0 Å². The third kappa shape index (κ3) is 50.8. The molecule has 0 rings (SSSR count). The summed E-state index contributed by atoms with van der Waals surface area (Å²) in [6.07, 6.45) is 60.7. The standard InChI is InChI=1S/C54H98NO7P/c1-6-8-10-12-14-16-18-20-22-24-25-26-27-28-29-30-32-34-36-38-40-42-44-46-49-59-51-53(52-61-63(57,58)60-50-48-55(3,4)5)62-54(56)47-45-43-41-39-37-35-33-31-23-21-19-17-15-13-11-9-7-2/h9,11,15,17-18,20-21,23-25,27-28,53H,6-8,10,12-14,16,19,22,26,29-52H2,1-5H3/b11-9-,17-15-,20-18-,23-21-,25-24-,28-27-. The van der Waals surface area contributed by atoms with Crippen molar-refractivity contribution in [3.63, 3.8) is 0 Å². The highest BCUT2D eigenvalue weighted by molar-refractivity contribution is 7.45. The van der Waals surface area contributed by atoms with Gasteiger partial charge < -0.3 is 27.9 Å². The molecular weight excluding hydrogens is 806 g/mol. The Morgan fingerprint density at radius 2 is 0.921 bits per heavy atom. The van der Waals surface area contributed by atoms with Gasteiger partial charge in [-0.05, 0) is 83.5 Å². The molecule has 0 fully saturated rings. The van der Waals surface area contributed by atoms with E-state index in [2.05, 4.69) is 86.8 Å². The molecule has 0 aromatic heterocycles. The Kier molecular flexibility index (Phi) is 44.9. The van der Waals surface area contributed by atoms with Crippen LogP contribution in [0.2, 0.25) is 0 Å². The maximum atomic E-state index is 12.7. The molecule has 0 amide bonds. The van der Waals surface area contributed by atoms with Gasteiger partial charge in [0.25, 0.3) is 7.82 Å².